The van der Waals surface area contributed by atoms with Gasteiger partial charge in [-0.05, 0) is 12.8 Å². The first kappa shape index (κ1) is 14.4. The van der Waals surface area contributed by atoms with Crippen LogP contribution in [0, 0.1) is 0 Å². The van der Waals surface area contributed by atoms with Crippen LogP contribution in [0.15, 0.2) is 6.20 Å². The second kappa shape index (κ2) is 6.00. The predicted octanol–water partition coefficient (Wildman–Crippen LogP) is -0.360. The lowest BCUT2D eigenvalue weighted by atomic mass is 9.94. The topological polar surface area (TPSA) is 123 Å². The molecule has 8 heteroatoms. The van der Waals surface area contributed by atoms with Crippen molar-refractivity contribution in [3.05, 3.63) is 11.9 Å². The maximum Gasteiger partial charge on any atom is 0.325 e. The van der Waals surface area contributed by atoms with Crippen LogP contribution in [0.4, 0.5) is 0 Å². The van der Waals surface area contributed by atoms with Crippen molar-refractivity contribution in [3.8, 4) is 0 Å². The summed E-state index contributed by atoms with van der Waals surface area (Å²) in [6.07, 6.45) is 5.74. The second-order valence-corrected chi connectivity index (χ2v) is 5.32. The summed E-state index contributed by atoms with van der Waals surface area (Å²) in [7, 11) is 0. The normalized spacial score (nSPS) is 17.1. The molecule has 0 atom stereocenters. The summed E-state index contributed by atoms with van der Waals surface area (Å²) in [6, 6.07) is 0. The fraction of sp³-hybridized carbons (Fsp3) is 0.667. The van der Waals surface area contributed by atoms with E-state index in [1.54, 1.807) is 0 Å². The number of aromatic nitrogens is 3. The first-order valence-electron chi connectivity index (χ1n) is 6.63. The van der Waals surface area contributed by atoms with Crippen molar-refractivity contribution in [2.24, 2.45) is 5.73 Å². The fourth-order valence-electron chi connectivity index (χ4n) is 2.46. The zero-order valence-corrected chi connectivity index (χ0v) is 11.2. The molecule has 1 fully saturated rings. The van der Waals surface area contributed by atoms with Gasteiger partial charge in [-0.1, -0.05) is 18.1 Å². The number of nitrogens with zero attached hydrogens (tertiary/aromatic N) is 3. The third-order valence-corrected chi connectivity index (χ3v) is 3.46. The number of amides is 1. The molecular weight excluding hydrogens is 262 g/mol. The fourth-order valence-corrected chi connectivity index (χ4v) is 2.46. The molecule has 1 aliphatic rings. The number of hydrogen-bond donors (Lipinski definition) is 3. The number of nitrogens with two attached hydrogens (primary N) is 1. The second-order valence-electron chi connectivity index (χ2n) is 5.32. The van der Waals surface area contributed by atoms with Crippen LogP contribution in [-0.2, 0) is 22.7 Å². The van der Waals surface area contributed by atoms with E-state index in [1.807, 2.05) is 0 Å². The molecule has 1 heterocycles. The summed E-state index contributed by atoms with van der Waals surface area (Å²) in [5.74, 6) is -1.10. The highest BCUT2D eigenvalue weighted by Crippen LogP contribution is 2.29. The zero-order valence-electron chi connectivity index (χ0n) is 11.2. The number of rotatable bonds is 6. The van der Waals surface area contributed by atoms with E-state index in [0.29, 0.717) is 12.1 Å². The van der Waals surface area contributed by atoms with Gasteiger partial charge in [0.25, 0.3) is 0 Å². The number of nitrogens with one attached hydrogen (secondary N) is 1. The van der Waals surface area contributed by atoms with E-state index in [4.69, 9.17) is 10.8 Å². The van der Waals surface area contributed by atoms with Crippen molar-refractivity contribution in [2.45, 2.75) is 50.7 Å². The van der Waals surface area contributed by atoms with E-state index < -0.39 is 5.97 Å². The maximum absolute atomic E-state index is 11.8. The van der Waals surface area contributed by atoms with Gasteiger partial charge in [-0.3, -0.25) is 9.59 Å². The van der Waals surface area contributed by atoms with Gasteiger partial charge in [-0.15, -0.1) is 5.10 Å². The molecule has 8 nitrogen and oxygen atoms in total. The Morgan fingerprint density at radius 3 is 2.80 bits per heavy atom. The van der Waals surface area contributed by atoms with E-state index in [0.717, 1.165) is 25.7 Å². The van der Waals surface area contributed by atoms with Gasteiger partial charge < -0.3 is 16.2 Å². The van der Waals surface area contributed by atoms with Crippen LogP contribution in [0.25, 0.3) is 0 Å². The van der Waals surface area contributed by atoms with Gasteiger partial charge in [-0.2, -0.15) is 0 Å². The number of carboxylic acid groups (broad SMARTS) is 1. The Hall–Kier alpha value is -1.96. The van der Waals surface area contributed by atoms with Crippen LogP contribution < -0.4 is 11.1 Å². The summed E-state index contributed by atoms with van der Waals surface area (Å²) in [5.41, 5.74) is 6.28. The Kier molecular flexibility index (Phi) is 4.33. The largest absolute Gasteiger partial charge is 0.480 e. The highest BCUT2D eigenvalue weighted by Gasteiger charge is 2.31. The number of carbonyl (C=O) groups is 2. The average Bonchev–Trinajstić information content (AvgIpc) is 2.95. The SMILES string of the molecule is NC1(CC(=O)NCc2cn(CC(=O)O)nn2)CCCC1. The van der Waals surface area contributed by atoms with Crippen molar-refractivity contribution in [1.82, 2.24) is 20.3 Å². The van der Waals surface area contributed by atoms with E-state index >= 15 is 0 Å². The standard InChI is InChI=1S/C12H19N5O3/c13-12(3-1-2-4-12)5-10(18)14-6-9-7-17(16-15-9)8-11(19)20/h7H,1-6,8,13H2,(H,14,18)(H,19,20). The lowest BCUT2D eigenvalue weighted by Gasteiger charge is -2.22. The first-order valence-corrected chi connectivity index (χ1v) is 6.63. The number of hydrogen-bond acceptors (Lipinski definition) is 5. The quantitative estimate of drug-likeness (QED) is 0.654. The van der Waals surface area contributed by atoms with Crippen molar-refractivity contribution in [2.75, 3.05) is 0 Å². The van der Waals surface area contributed by atoms with Crippen LogP contribution in [0.1, 0.15) is 37.8 Å². The van der Waals surface area contributed by atoms with Gasteiger partial charge in [0.2, 0.25) is 5.91 Å². The summed E-state index contributed by atoms with van der Waals surface area (Å²) in [4.78, 5) is 22.3. The van der Waals surface area contributed by atoms with Crippen molar-refractivity contribution in [1.29, 1.82) is 0 Å². The van der Waals surface area contributed by atoms with Crippen molar-refractivity contribution in [3.63, 3.8) is 0 Å². The van der Waals surface area contributed by atoms with E-state index in [-0.39, 0.29) is 24.5 Å². The molecule has 0 radical (unpaired) electrons. The smallest absolute Gasteiger partial charge is 0.325 e. The van der Waals surface area contributed by atoms with Gasteiger partial charge in [0.15, 0.2) is 0 Å². The molecule has 2 rings (SSSR count). The van der Waals surface area contributed by atoms with Gasteiger partial charge in [-0.25, -0.2) is 4.68 Å². The molecule has 1 aliphatic carbocycles. The molecule has 1 amide bonds. The van der Waals surface area contributed by atoms with Crippen molar-refractivity contribution < 1.29 is 14.7 Å². The predicted molar refractivity (Wildman–Crippen MR) is 69.5 cm³/mol. The molecule has 0 aliphatic heterocycles. The molecule has 0 saturated heterocycles. The third kappa shape index (κ3) is 4.02. The minimum absolute atomic E-state index is 0.109. The summed E-state index contributed by atoms with van der Waals surface area (Å²) in [6.45, 7) is -0.0125. The highest BCUT2D eigenvalue weighted by molar-refractivity contribution is 5.77. The van der Waals surface area contributed by atoms with Crippen LogP contribution >= 0.6 is 0 Å². The molecule has 0 bridgehead atoms. The molecule has 1 aromatic rings. The Morgan fingerprint density at radius 2 is 2.15 bits per heavy atom. The van der Waals surface area contributed by atoms with E-state index in [2.05, 4.69) is 15.6 Å². The van der Waals surface area contributed by atoms with Gasteiger partial charge >= 0.3 is 5.97 Å². The van der Waals surface area contributed by atoms with E-state index in [1.165, 1.54) is 10.9 Å². The molecule has 110 valence electrons. The minimum atomic E-state index is -0.989. The Bertz CT molecular complexity index is 493. The zero-order chi connectivity index (χ0) is 14.6. The molecular formula is C12H19N5O3. The number of aliphatic carboxylic acids is 1. The third-order valence-electron chi connectivity index (χ3n) is 3.46. The monoisotopic (exact) mass is 281 g/mol. The van der Waals surface area contributed by atoms with Crippen LogP contribution in [-0.4, -0.2) is 37.5 Å². The molecule has 0 unspecified atom stereocenters. The maximum atomic E-state index is 11.8. The van der Waals surface area contributed by atoms with Crippen LogP contribution in [0.3, 0.4) is 0 Å². The van der Waals surface area contributed by atoms with Crippen LogP contribution in [0.2, 0.25) is 0 Å². The molecule has 1 saturated carbocycles. The number of carboxylic acids is 1. The Morgan fingerprint density at radius 1 is 1.45 bits per heavy atom. The average molecular weight is 281 g/mol. The molecule has 0 aromatic carbocycles. The lowest BCUT2D eigenvalue weighted by Crippen LogP contribution is -2.42. The Balaban J connectivity index is 1.78. The van der Waals surface area contributed by atoms with Gasteiger partial charge in [0.05, 0.1) is 12.7 Å². The Labute approximate surface area is 116 Å². The summed E-state index contributed by atoms with van der Waals surface area (Å²) < 4.78 is 1.21. The number of carbonyl (C=O) groups excluding carboxylic acids is 1. The summed E-state index contributed by atoms with van der Waals surface area (Å²) in [5, 5.41) is 18.8. The van der Waals surface area contributed by atoms with E-state index in [9.17, 15) is 9.59 Å². The minimum Gasteiger partial charge on any atom is -0.480 e. The highest BCUT2D eigenvalue weighted by atomic mass is 16.4. The lowest BCUT2D eigenvalue weighted by molar-refractivity contribution is -0.138. The molecule has 0 spiro atoms. The first-order chi connectivity index (χ1) is 9.47. The van der Waals surface area contributed by atoms with Gasteiger partial charge in [0.1, 0.15) is 12.2 Å². The van der Waals surface area contributed by atoms with Gasteiger partial charge in [0, 0.05) is 12.0 Å². The van der Waals surface area contributed by atoms with Crippen LogP contribution in [0.5, 0.6) is 0 Å². The molecule has 4 N–H and O–H groups in total. The summed E-state index contributed by atoms with van der Waals surface area (Å²) >= 11 is 0. The molecule has 1 aromatic heterocycles. The van der Waals surface area contributed by atoms with Crippen molar-refractivity contribution >= 4 is 11.9 Å². The molecule has 20 heavy (non-hydrogen) atoms.